The van der Waals surface area contributed by atoms with Crippen molar-refractivity contribution in [3.63, 3.8) is 0 Å². The first-order valence-corrected chi connectivity index (χ1v) is 10.9. The standard InChI is InChI=1S/C26H21Cl2N3/c1-16-3-5-19(6-4-16)25-26(24-13-20-9-12-22(28)14-23(20)30-24)31(15-29-25)17(2)18-7-10-21(27)11-8-18/h3-15,17,30H,1-2H3. The van der Waals surface area contributed by atoms with Crippen molar-refractivity contribution in [2.45, 2.75) is 19.9 Å². The normalized spacial score (nSPS) is 12.4. The van der Waals surface area contributed by atoms with Crippen molar-refractivity contribution in [3.8, 4) is 22.6 Å². The van der Waals surface area contributed by atoms with E-state index in [9.17, 15) is 0 Å². The van der Waals surface area contributed by atoms with Gasteiger partial charge in [0.15, 0.2) is 0 Å². The third-order valence-corrected chi connectivity index (χ3v) is 6.22. The predicted molar refractivity (Wildman–Crippen MR) is 130 cm³/mol. The molecule has 1 atom stereocenters. The summed E-state index contributed by atoms with van der Waals surface area (Å²) in [7, 11) is 0. The minimum absolute atomic E-state index is 0.0777. The number of fused-ring (bicyclic) bond motifs is 1. The molecule has 0 aliphatic rings. The summed E-state index contributed by atoms with van der Waals surface area (Å²) in [6.45, 7) is 4.26. The van der Waals surface area contributed by atoms with Crippen molar-refractivity contribution in [3.05, 3.63) is 100 Å². The fourth-order valence-corrected chi connectivity index (χ4v) is 4.27. The number of nitrogens with one attached hydrogen (secondary N) is 1. The summed E-state index contributed by atoms with van der Waals surface area (Å²) in [5.74, 6) is 0. The topological polar surface area (TPSA) is 33.6 Å². The second-order valence-electron chi connectivity index (χ2n) is 7.86. The first-order chi connectivity index (χ1) is 15.0. The first kappa shape index (κ1) is 19.9. The Kier molecular flexibility index (Phi) is 5.09. The molecule has 5 heteroatoms. The van der Waals surface area contributed by atoms with Crippen molar-refractivity contribution in [2.75, 3.05) is 0 Å². The molecule has 3 nitrogen and oxygen atoms in total. The van der Waals surface area contributed by atoms with Crippen LogP contribution in [0.25, 0.3) is 33.5 Å². The highest BCUT2D eigenvalue weighted by Gasteiger charge is 2.21. The maximum Gasteiger partial charge on any atom is 0.0978 e. The minimum Gasteiger partial charge on any atom is -0.353 e. The fourth-order valence-electron chi connectivity index (χ4n) is 3.97. The molecule has 154 valence electrons. The summed E-state index contributed by atoms with van der Waals surface area (Å²) in [5, 5.41) is 2.55. The van der Waals surface area contributed by atoms with E-state index in [0.29, 0.717) is 5.02 Å². The van der Waals surface area contributed by atoms with Gasteiger partial charge in [0.25, 0.3) is 0 Å². The highest BCUT2D eigenvalue weighted by molar-refractivity contribution is 6.31. The Morgan fingerprint density at radius 2 is 1.58 bits per heavy atom. The van der Waals surface area contributed by atoms with E-state index in [0.717, 1.165) is 44.1 Å². The third kappa shape index (κ3) is 3.76. The molecule has 0 fully saturated rings. The van der Waals surface area contributed by atoms with Crippen LogP contribution in [-0.4, -0.2) is 14.5 Å². The van der Waals surface area contributed by atoms with Gasteiger partial charge in [-0.25, -0.2) is 4.98 Å². The molecule has 1 N–H and O–H groups in total. The lowest BCUT2D eigenvalue weighted by Crippen LogP contribution is -2.07. The molecule has 0 spiro atoms. The van der Waals surface area contributed by atoms with Gasteiger partial charge in [-0.3, -0.25) is 0 Å². The maximum absolute atomic E-state index is 6.22. The van der Waals surface area contributed by atoms with Gasteiger partial charge >= 0.3 is 0 Å². The summed E-state index contributed by atoms with van der Waals surface area (Å²) < 4.78 is 2.21. The van der Waals surface area contributed by atoms with Crippen LogP contribution in [0.1, 0.15) is 24.1 Å². The van der Waals surface area contributed by atoms with Crippen LogP contribution < -0.4 is 0 Å². The van der Waals surface area contributed by atoms with Gasteiger partial charge in [-0.2, -0.15) is 0 Å². The van der Waals surface area contributed by atoms with Crippen molar-refractivity contribution in [2.24, 2.45) is 0 Å². The Bertz CT molecular complexity index is 1360. The Balaban J connectivity index is 1.71. The smallest absolute Gasteiger partial charge is 0.0978 e. The lowest BCUT2D eigenvalue weighted by Gasteiger charge is -2.18. The van der Waals surface area contributed by atoms with Crippen molar-refractivity contribution >= 4 is 34.1 Å². The van der Waals surface area contributed by atoms with E-state index in [1.807, 2.05) is 36.7 Å². The van der Waals surface area contributed by atoms with Crippen LogP contribution in [0, 0.1) is 6.92 Å². The molecule has 0 saturated heterocycles. The van der Waals surface area contributed by atoms with Crippen LogP contribution in [0.2, 0.25) is 10.0 Å². The van der Waals surface area contributed by atoms with Crippen LogP contribution in [0.4, 0.5) is 0 Å². The average Bonchev–Trinajstić information content (AvgIpc) is 3.38. The Hall–Kier alpha value is -3.01. The van der Waals surface area contributed by atoms with Crippen molar-refractivity contribution in [1.29, 1.82) is 0 Å². The highest BCUT2D eigenvalue weighted by atomic mass is 35.5. The monoisotopic (exact) mass is 445 g/mol. The van der Waals surface area contributed by atoms with E-state index in [2.05, 4.69) is 65.9 Å². The second kappa shape index (κ2) is 7.92. The van der Waals surface area contributed by atoms with E-state index in [1.165, 1.54) is 5.56 Å². The summed E-state index contributed by atoms with van der Waals surface area (Å²) in [4.78, 5) is 8.38. The SMILES string of the molecule is Cc1ccc(-c2ncn(C(C)c3ccc(Cl)cc3)c2-c2cc3ccc(Cl)cc3[nH]2)cc1. The van der Waals surface area contributed by atoms with Crippen molar-refractivity contribution in [1.82, 2.24) is 14.5 Å². The lowest BCUT2D eigenvalue weighted by molar-refractivity contribution is 0.644. The molecule has 0 bridgehead atoms. The summed E-state index contributed by atoms with van der Waals surface area (Å²) in [5.41, 5.74) is 7.46. The van der Waals surface area contributed by atoms with E-state index in [4.69, 9.17) is 28.2 Å². The molecule has 0 saturated carbocycles. The third-order valence-electron chi connectivity index (χ3n) is 5.73. The fraction of sp³-hybridized carbons (Fsp3) is 0.115. The summed E-state index contributed by atoms with van der Waals surface area (Å²) >= 11 is 12.3. The first-order valence-electron chi connectivity index (χ1n) is 10.2. The molecule has 0 aliphatic carbocycles. The number of nitrogens with zero attached hydrogens (tertiary/aromatic N) is 2. The molecule has 5 rings (SSSR count). The van der Waals surface area contributed by atoms with E-state index in [-0.39, 0.29) is 6.04 Å². The molecule has 0 radical (unpaired) electrons. The van der Waals surface area contributed by atoms with Crippen molar-refractivity contribution < 1.29 is 0 Å². The molecular formula is C26H21Cl2N3. The van der Waals surface area contributed by atoms with Crippen LogP contribution >= 0.6 is 23.2 Å². The zero-order chi connectivity index (χ0) is 21.5. The number of aryl methyl sites for hydroxylation is 1. The van der Waals surface area contributed by atoms with Crippen LogP contribution in [-0.2, 0) is 0 Å². The quantitative estimate of drug-likeness (QED) is 0.299. The number of hydrogen-bond donors (Lipinski definition) is 1. The highest BCUT2D eigenvalue weighted by Crippen LogP contribution is 2.36. The zero-order valence-electron chi connectivity index (χ0n) is 17.2. The lowest BCUT2D eigenvalue weighted by atomic mass is 10.0. The minimum atomic E-state index is 0.0777. The summed E-state index contributed by atoms with van der Waals surface area (Å²) in [6.07, 6.45) is 1.92. The number of rotatable bonds is 4. The molecule has 3 aromatic carbocycles. The number of benzene rings is 3. The van der Waals surface area contributed by atoms with Gasteiger partial charge in [0, 0.05) is 26.5 Å². The van der Waals surface area contributed by atoms with Crippen LogP contribution in [0.3, 0.4) is 0 Å². The van der Waals surface area contributed by atoms with Gasteiger partial charge in [0.1, 0.15) is 0 Å². The molecule has 2 heterocycles. The van der Waals surface area contributed by atoms with Crippen LogP contribution in [0.15, 0.2) is 79.1 Å². The van der Waals surface area contributed by atoms with Crippen LogP contribution in [0.5, 0.6) is 0 Å². The number of hydrogen-bond acceptors (Lipinski definition) is 1. The average molecular weight is 446 g/mol. The van der Waals surface area contributed by atoms with Gasteiger partial charge in [-0.1, -0.05) is 71.2 Å². The van der Waals surface area contributed by atoms with E-state index in [1.54, 1.807) is 0 Å². The Labute approximate surface area is 191 Å². The largest absolute Gasteiger partial charge is 0.353 e. The zero-order valence-corrected chi connectivity index (χ0v) is 18.7. The molecule has 1 unspecified atom stereocenters. The molecule has 5 aromatic rings. The van der Waals surface area contributed by atoms with E-state index < -0.39 is 0 Å². The molecule has 31 heavy (non-hydrogen) atoms. The predicted octanol–water partition coefficient (Wildman–Crippen LogP) is 7.92. The van der Waals surface area contributed by atoms with Gasteiger partial charge in [0.2, 0.25) is 0 Å². The maximum atomic E-state index is 6.22. The molecular weight excluding hydrogens is 425 g/mol. The molecule has 2 aromatic heterocycles. The molecule has 0 amide bonds. The number of imidazole rings is 1. The summed E-state index contributed by atoms with van der Waals surface area (Å²) in [6, 6.07) is 24.6. The van der Waals surface area contributed by atoms with Gasteiger partial charge in [-0.05, 0) is 49.7 Å². The van der Waals surface area contributed by atoms with E-state index >= 15 is 0 Å². The van der Waals surface area contributed by atoms with Gasteiger partial charge in [-0.15, -0.1) is 0 Å². The Morgan fingerprint density at radius 3 is 2.32 bits per heavy atom. The number of halogens is 2. The number of aromatic amines is 1. The number of aromatic nitrogens is 3. The van der Waals surface area contributed by atoms with Gasteiger partial charge in [0.05, 0.1) is 29.5 Å². The van der Waals surface area contributed by atoms with Gasteiger partial charge < -0.3 is 9.55 Å². The number of H-pyrrole nitrogens is 1. The second-order valence-corrected chi connectivity index (χ2v) is 8.73. The Morgan fingerprint density at radius 1 is 0.871 bits per heavy atom. The molecule has 0 aliphatic heterocycles.